The van der Waals surface area contributed by atoms with Gasteiger partial charge in [0.1, 0.15) is 17.3 Å². The molecule has 2 unspecified atom stereocenters. The Labute approximate surface area is 305 Å². The van der Waals surface area contributed by atoms with Crippen LogP contribution in [-0.2, 0) is 11.8 Å². The molecule has 2 aliphatic rings. The van der Waals surface area contributed by atoms with Crippen molar-refractivity contribution in [3.05, 3.63) is 65.5 Å². The van der Waals surface area contributed by atoms with E-state index in [-0.39, 0.29) is 24.9 Å². The molecule has 53 heavy (non-hydrogen) atoms. The predicted octanol–water partition coefficient (Wildman–Crippen LogP) is 10.4. The van der Waals surface area contributed by atoms with Gasteiger partial charge >= 0.3 is 18.5 Å². The normalized spacial score (nSPS) is 19.7. The van der Waals surface area contributed by atoms with Crippen LogP contribution in [0.15, 0.2) is 48.5 Å². The number of hydrogen-bond acceptors (Lipinski definition) is 5. The molecule has 1 saturated carbocycles. The van der Waals surface area contributed by atoms with Crippen molar-refractivity contribution in [2.45, 2.75) is 103 Å². The van der Waals surface area contributed by atoms with Crippen LogP contribution in [0.4, 0.5) is 35.1 Å². The average Bonchev–Trinajstić information content (AvgIpc) is 3.25. The fourth-order valence-corrected chi connectivity index (χ4v) is 6.80. The van der Waals surface area contributed by atoms with E-state index in [2.05, 4.69) is 28.2 Å². The van der Waals surface area contributed by atoms with Gasteiger partial charge in [-0.2, -0.15) is 39.9 Å². The van der Waals surface area contributed by atoms with Crippen molar-refractivity contribution < 1.29 is 49.4 Å². The summed E-state index contributed by atoms with van der Waals surface area (Å²) in [7, 11) is 3.74. The highest BCUT2D eigenvalue weighted by Gasteiger charge is 2.61. The van der Waals surface area contributed by atoms with E-state index in [1.807, 2.05) is 31.8 Å². The summed E-state index contributed by atoms with van der Waals surface area (Å²) in [5, 5.41) is 7.61. The van der Waals surface area contributed by atoms with Crippen molar-refractivity contribution >= 4 is 11.4 Å². The maximum atomic E-state index is 13.0. The van der Waals surface area contributed by atoms with Crippen LogP contribution < -0.4 is 14.8 Å². The van der Waals surface area contributed by atoms with Crippen molar-refractivity contribution in [1.82, 2.24) is 19.9 Å². The maximum Gasteiger partial charge on any atom is 0.499 e. The first-order valence-corrected chi connectivity index (χ1v) is 17.4. The molecule has 3 aromatic rings. The van der Waals surface area contributed by atoms with E-state index >= 15 is 0 Å². The van der Waals surface area contributed by atoms with E-state index in [1.165, 1.54) is 12.1 Å². The number of aryl methyl sites for hydroxylation is 1. The number of benzene rings is 2. The van der Waals surface area contributed by atoms with E-state index < -0.39 is 30.8 Å². The number of nitrogens with one attached hydrogen (secondary N) is 1. The second-order valence-electron chi connectivity index (χ2n) is 13.5. The minimum atomic E-state index is -5.78. The summed E-state index contributed by atoms with van der Waals surface area (Å²) in [4.78, 5) is 13.7. The summed E-state index contributed by atoms with van der Waals surface area (Å²) in [6.07, 6.45) is -5.50. The Morgan fingerprint density at radius 3 is 2.25 bits per heavy atom. The number of carbonyl (C=O) groups excluding carboxylic acids is 1. The van der Waals surface area contributed by atoms with Crippen LogP contribution in [0.3, 0.4) is 0 Å². The SMILES string of the molecule is C.CCC[C@H]1CCCC(=O)CC1c1cc(C)ccc1OCC(F)(F)F.CNCC1CC=C(c2nn(-c3ccc(OC(F)(F)C(F)(F)F)cc3)n2C)CC1. The summed E-state index contributed by atoms with van der Waals surface area (Å²) >= 11 is 0. The Hall–Kier alpha value is -3.88. The second kappa shape index (κ2) is 18.4. The van der Waals surface area contributed by atoms with E-state index in [1.54, 1.807) is 16.9 Å². The van der Waals surface area contributed by atoms with Crippen LogP contribution in [0, 0.1) is 18.8 Å². The molecule has 1 heterocycles. The van der Waals surface area contributed by atoms with Gasteiger partial charge in [-0.25, -0.2) is 4.68 Å². The summed E-state index contributed by atoms with van der Waals surface area (Å²) < 4.78 is 111. The Bertz CT molecular complexity index is 1640. The Balaban J connectivity index is 0.000000284. The predicted molar refractivity (Wildman–Crippen MR) is 187 cm³/mol. The molecule has 2 aromatic carbocycles. The van der Waals surface area contributed by atoms with Gasteiger partial charge in [0, 0.05) is 19.9 Å². The molecular formula is C38H50F8N4O3. The molecule has 1 aromatic heterocycles. The van der Waals surface area contributed by atoms with Gasteiger partial charge in [0.2, 0.25) is 0 Å². The quantitative estimate of drug-likeness (QED) is 0.156. The molecule has 7 nitrogen and oxygen atoms in total. The maximum absolute atomic E-state index is 13.0. The van der Waals surface area contributed by atoms with Crippen molar-refractivity contribution in [3.63, 3.8) is 0 Å². The minimum Gasteiger partial charge on any atom is -0.484 e. The zero-order valence-corrected chi connectivity index (χ0v) is 29.7. The van der Waals surface area contributed by atoms with Gasteiger partial charge in [0.05, 0.1) is 5.69 Å². The number of aromatic nitrogens is 3. The Morgan fingerprint density at radius 1 is 0.981 bits per heavy atom. The van der Waals surface area contributed by atoms with Crippen LogP contribution in [-0.4, -0.2) is 59.0 Å². The number of alkyl halides is 8. The van der Waals surface area contributed by atoms with Crippen LogP contribution in [0.1, 0.15) is 95.0 Å². The molecule has 1 N–H and O–H groups in total. The first-order chi connectivity index (χ1) is 24.4. The number of nitrogens with zero attached hydrogens (tertiary/aromatic N) is 3. The van der Waals surface area contributed by atoms with Crippen LogP contribution >= 0.6 is 0 Å². The fraction of sp³-hybridized carbons (Fsp3) is 0.579. The van der Waals surface area contributed by atoms with Crippen molar-refractivity contribution in [2.75, 3.05) is 20.2 Å². The highest BCUT2D eigenvalue weighted by atomic mass is 19.4. The molecule has 0 saturated heterocycles. The third kappa shape index (κ3) is 11.8. The largest absolute Gasteiger partial charge is 0.499 e. The van der Waals surface area contributed by atoms with E-state index in [9.17, 15) is 39.9 Å². The molecular weight excluding hydrogens is 712 g/mol. The number of hydrogen-bond donors (Lipinski definition) is 1. The first kappa shape index (κ1) is 43.5. The van der Waals surface area contributed by atoms with Gasteiger partial charge < -0.3 is 14.8 Å². The van der Waals surface area contributed by atoms with Crippen LogP contribution in [0.25, 0.3) is 11.3 Å². The summed E-state index contributed by atoms with van der Waals surface area (Å²) in [5.74, 6) is 1.58. The molecule has 0 bridgehead atoms. The molecule has 15 heteroatoms. The summed E-state index contributed by atoms with van der Waals surface area (Å²) in [6, 6.07) is 10.1. The molecule has 0 amide bonds. The standard InChI is InChI=1S/C19H25F3O2.C18H21F5N4O.CH4/c1-3-5-14-6-4-7-15(23)11-16(14)17-10-13(2)8-9-18(17)24-12-19(20,21)22;1-24-11-12-3-5-13(6-4-12)16-25-27(26(16)2)14-7-9-15(10-8-14)28-18(22,23)17(19,20)21;/h8-10,14,16H,3-7,11-12H2,1-2H3;5,7-10,12,24H,3-4,6,11H2,1-2H3;1H4/t14-,16?;;/m0../s1. The number of allylic oxidation sites excluding steroid dienone is 2. The average molecular weight is 763 g/mol. The molecule has 0 radical (unpaired) electrons. The lowest BCUT2D eigenvalue weighted by molar-refractivity contribution is -0.360. The monoisotopic (exact) mass is 762 g/mol. The number of Topliss-reactive ketones (excluding diaryl/α,β-unsaturated/α-hetero) is 1. The lowest BCUT2D eigenvalue weighted by Crippen LogP contribution is -2.41. The Morgan fingerprint density at radius 2 is 1.68 bits per heavy atom. The molecule has 1 fully saturated rings. The van der Waals surface area contributed by atoms with Crippen molar-refractivity contribution in [1.29, 1.82) is 0 Å². The third-order valence-corrected chi connectivity index (χ3v) is 9.39. The van der Waals surface area contributed by atoms with Gasteiger partial charge in [-0.3, -0.25) is 4.79 Å². The number of carbonyl (C=O) groups is 1. The molecule has 296 valence electrons. The number of rotatable bonds is 11. The summed E-state index contributed by atoms with van der Waals surface area (Å²) in [5.41, 5.74) is 3.40. The molecule has 2 aliphatic carbocycles. The van der Waals surface area contributed by atoms with E-state index in [0.717, 1.165) is 86.1 Å². The zero-order chi connectivity index (χ0) is 38.3. The van der Waals surface area contributed by atoms with E-state index in [0.29, 0.717) is 30.4 Å². The van der Waals surface area contributed by atoms with Crippen molar-refractivity contribution in [3.8, 4) is 17.2 Å². The molecule has 3 atom stereocenters. The summed E-state index contributed by atoms with van der Waals surface area (Å²) in [6.45, 7) is 3.67. The van der Waals surface area contributed by atoms with Gasteiger partial charge in [-0.15, -0.1) is 5.10 Å². The highest BCUT2D eigenvalue weighted by Crippen LogP contribution is 2.42. The van der Waals surface area contributed by atoms with Crippen LogP contribution in [0.2, 0.25) is 0 Å². The van der Waals surface area contributed by atoms with Crippen LogP contribution in [0.5, 0.6) is 11.5 Å². The van der Waals surface area contributed by atoms with Gasteiger partial charge in [0.25, 0.3) is 0 Å². The van der Waals surface area contributed by atoms with Gasteiger partial charge in [-0.05, 0) is 112 Å². The topological polar surface area (TPSA) is 70.3 Å². The lowest BCUT2D eigenvalue weighted by atomic mass is 9.79. The Kier molecular flexibility index (Phi) is 15.1. The smallest absolute Gasteiger partial charge is 0.484 e. The fourth-order valence-electron chi connectivity index (χ4n) is 6.80. The highest BCUT2D eigenvalue weighted by molar-refractivity contribution is 5.79. The molecule has 0 aliphatic heterocycles. The number of halogens is 8. The first-order valence-electron chi connectivity index (χ1n) is 17.4. The number of ketones is 1. The molecule has 5 rings (SSSR count). The van der Waals surface area contributed by atoms with Gasteiger partial charge in [-0.1, -0.05) is 51.0 Å². The molecule has 0 spiro atoms. The minimum absolute atomic E-state index is 0. The van der Waals surface area contributed by atoms with Gasteiger partial charge in [0.15, 0.2) is 12.4 Å². The second-order valence-corrected chi connectivity index (χ2v) is 13.5. The van der Waals surface area contributed by atoms with E-state index in [4.69, 9.17) is 4.74 Å². The zero-order valence-electron chi connectivity index (χ0n) is 29.7. The third-order valence-electron chi connectivity index (χ3n) is 9.39. The lowest BCUT2D eigenvalue weighted by Gasteiger charge is -2.27. The number of ether oxygens (including phenoxy) is 2. The van der Waals surface area contributed by atoms with Crippen molar-refractivity contribution in [2.24, 2.45) is 18.9 Å².